The Morgan fingerprint density at radius 2 is 2.09 bits per heavy atom. The summed E-state index contributed by atoms with van der Waals surface area (Å²) in [4.78, 5) is 13.9. The van der Waals surface area contributed by atoms with Gasteiger partial charge in [0.1, 0.15) is 12.1 Å². The Labute approximate surface area is 134 Å². The van der Waals surface area contributed by atoms with Gasteiger partial charge in [-0.15, -0.1) is 11.3 Å². The lowest BCUT2D eigenvalue weighted by molar-refractivity contribution is -0.0373. The van der Waals surface area contributed by atoms with E-state index < -0.39 is 0 Å². The molecule has 118 valence electrons. The normalized spacial score (nSPS) is 25.0. The van der Waals surface area contributed by atoms with Crippen LogP contribution >= 0.6 is 11.3 Å². The molecule has 6 heteroatoms. The molecule has 2 aromatic rings. The highest BCUT2D eigenvalue weighted by molar-refractivity contribution is 7.17. The molecule has 0 aromatic carbocycles. The number of nitrogens with zero attached hydrogens (tertiary/aromatic N) is 4. The number of rotatable bonds is 2. The molecule has 0 spiro atoms. The molecule has 1 atom stereocenters. The predicted molar refractivity (Wildman–Crippen MR) is 89.6 cm³/mol. The molecular weight excluding hydrogens is 296 g/mol. The second-order valence-electron chi connectivity index (χ2n) is 6.23. The second-order valence-corrected chi connectivity index (χ2v) is 7.14. The number of morpholine rings is 1. The van der Waals surface area contributed by atoms with Crippen molar-refractivity contribution in [1.29, 1.82) is 0 Å². The first kappa shape index (κ1) is 14.4. The molecule has 0 bridgehead atoms. The summed E-state index contributed by atoms with van der Waals surface area (Å²) in [6, 6.07) is 2.77. The van der Waals surface area contributed by atoms with Gasteiger partial charge in [0.2, 0.25) is 0 Å². The van der Waals surface area contributed by atoms with Crippen LogP contribution in [-0.4, -0.2) is 59.8 Å². The number of fused-ring (bicyclic) bond motifs is 1. The fourth-order valence-corrected chi connectivity index (χ4v) is 4.48. The smallest absolute Gasteiger partial charge is 0.150 e. The van der Waals surface area contributed by atoms with Crippen molar-refractivity contribution >= 4 is 27.4 Å². The number of aromatic nitrogens is 2. The van der Waals surface area contributed by atoms with Crippen LogP contribution in [0.1, 0.15) is 19.8 Å². The van der Waals surface area contributed by atoms with Gasteiger partial charge in [0.05, 0.1) is 22.9 Å². The second kappa shape index (κ2) is 6.10. The molecule has 2 fully saturated rings. The molecule has 2 aromatic heterocycles. The molecule has 0 amide bonds. The minimum absolute atomic E-state index is 0.374. The van der Waals surface area contributed by atoms with Gasteiger partial charge < -0.3 is 9.64 Å². The monoisotopic (exact) mass is 318 g/mol. The molecular formula is C16H22N4OS. The lowest BCUT2D eigenvalue weighted by atomic mass is 10.0. The van der Waals surface area contributed by atoms with Crippen LogP contribution in [0.3, 0.4) is 0 Å². The van der Waals surface area contributed by atoms with Gasteiger partial charge in [0, 0.05) is 32.2 Å². The van der Waals surface area contributed by atoms with E-state index in [0.29, 0.717) is 12.1 Å². The summed E-state index contributed by atoms with van der Waals surface area (Å²) in [5.74, 6) is 1.12. The molecule has 4 heterocycles. The summed E-state index contributed by atoms with van der Waals surface area (Å²) in [5, 5.41) is 2.10. The third-order valence-electron chi connectivity index (χ3n) is 4.78. The van der Waals surface area contributed by atoms with Gasteiger partial charge in [0.15, 0.2) is 0 Å². The van der Waals surface area contributed by atoms with Crippen molar-refractivity contribution in [1.82, 2.24) is 14.9 Å². The molecule has 2 aliphatic heterocycles. The van der Waals surface area contributed by atoms with Crippen molar-refractivity contribution in [3.05, 3.63) is 17.8 Å². The zero-order chi connectivity index (χ0) is 14.9. The number of anilines is 1. The molecule has 4 rings (SSSR count). The molecule has 0 aliphatic carbocycles. The van der Waals surface area contributed by atoms with E-state index >= 15 is 0 Å². The van der Waals surface area contributed by atoms with Crippen LogP contribution in [0, 0.1) is 0 Å². The van der Waals surface area contributed by atoms with Crippen LogP contribution in [0.4, 0.5) is 5.82 Å². The SMILES string of the molecule is C[C@H]1CN(C2CCN(c3ncnc4ccsc34)CC2)CCO1. The maximum Gasteiger partial charge on any atom is 0.150 e. The van der Waals surface area contributed by atoms with Crippen LogP contribution < -0.4 is 4.90 Å². The Morgan fingerprint density at radius 1 is 1.23 bits per heavy atom. The van der Waals surface area contributed by atoms with Gasteiger partial charge in [-0.25, -0.2) is 9.97 Å². The van der Waals surface area contributed by atoms with E-state index in [0.717, 1.165) is 44.1 Å². The highest BCUT2D eigenvalue weighted by atomic mass is 32.1. The quantitative estimate of drug-likeness (QED) is 0.850. The van der Waals surface area contributed by atoms with Gasteiger partial charge in [-0.05, 0) is 31.2 Å². The first-order valence-corrected chi connectivity index (χ1v) is 8.98. The van der Waals surface area contributed by atoms with Gasteiger partial charge in [-0.1, -0.05) is 0 Å². The van der Waals surface area contributed by atoms with Crippen molar-refractivity contribution in [3.63, 3.8) is 0 Å². The van der Waals surface area contributed by atoms with E-state index in [1.165, 1.54) is 17.5 Å². The average molecular weight is 318 g/mol. The molecule has 5 nitrogen and oxygen atoms in total. The fraction of sp³-hybridized carbons (Fsp3) is 0.625. The predicted octanol–water partition coefficient (Wildman–Crippen LogP) is 2.38. The fourth-order valence-electron chi connectivity index (χ4n) is 3.62. The molecule has 0 N–H and O–H groups in total. The van der Waals surface area contributed by atoms with Gasteiger partial charge in [-0.2, -0.15) is 0 Å². The van der Waals surface area contributed by atoms with E-state index in [9.17, 15) is 0 Å². The zero-order valence-corrected chi connectivity index (χ0v) is 13.8. The topological polar surface area (TPSA) is 41.5 Å². The van der Waals surface area contributed by atoms with Crippen molar-refractivity contribution in [2.24, 2.45) is 0 Å². The maximum atomic E-state index is 5.66. The van der Waals surface area contributed by atoms with E-state index in [1.807, 2.05) is 0 Å². The molecule has 22 heavy (non-hydrogen) atoms. The third kappa shape index (κ3) is 2.71. The van der Waals surface area contributed by atoms with Crippen LogP contribution in [0.15, 0.2) is 17.8 Å². The van der Waals surface area contributed by atoms with Crippen molar-refractivity contribution in [2.45, 2.75) is 31.9 Å². The Bertz CT molecular complexity index is 638. The molecule has 2 saturated heterocycles. The van der Waals surface area contributed by atoms with Crippen molar-refractivity contribution < 1.29 is 4.74 Å². The maximum absolute atomic E-state index is 5.66. The van der Waals surface area contributed by atoms with E-state index in [1.54, 1.807) is 17.7 Å². The average Bonchev–Trinajstić information content (AvgIpc) is 3.04. The molecule has 0 saturated carbocycles. The van der Waals surface area contributed by atoms with Gasteiger partial charge >= 0.3 is 0 Å². The molecule has 0 radical (unpaired) electrons. The summed E-state index contributed by atoms with van der Waals surface area (Å²) >= 11 is 1.74. The van der Waals surface area contributed by atoms with Crippen molar-refractivity contribution in [2.75, 3.05) is 37.7 Å². The Kier molecular flexibility index (Phi) is 3.98. The third-order valence-corrected chi connectivity index (χ3v) is 5.68. The van der Waals surface area contributed by atoms with Crippen molar-refractivity contribution in [3.8, 4) is 0 Å². The number of piperidine rings is 1. The standard InChI is InChI=1S/C16H22N4OS/c1-12-10-20(7-8-21-12)13-2-5-19(6-3-13)16-15-14(4-9-22-15)17-11-18-16/h4,9,11-13H,2-3,5-8,10H2,1H3/t12-/m0/s1. The number of ether oxygens (including phenoxy) is 1. The highest BCUT2D eigenvalue weighted by Crippen LogP contribution is 2.30. The Hall–Kier alpha value is -1.24. The zero-order valence-electron chi connectivity index (χ0n) is 12.9. The lowest BCUT2D eigenvalue weighted by Gasteiger charge is -2.42. The number of thiophene rings is 1. The summed E-state index contributed by atoms with van der Waals surface area (Å²) in [7, 11) is 0. The van der Waals surface area contributed by atoms with E-state index in [-0.39, 0.29) is 0 Å². The Morgan fingerprint density at radius 3 is 2.91 bits per heavy atom. The summed E-state index contributed by atoms with van der Waals surface area (Å²) in [6.45, 7) is 7.38. The van der Waals surface area contributed by atoms with Gasteiger partial charge in [0.25, 0.3) is 0 Å². The van der Waals surface area contributed by atoms with Crippen LogP contribution in [0.2, 0.25) is 0 Å². The largest absolute Gasteiger partial charge is 0.376 e. The molecule has 2 aliphatic rings. The first-order valence-electron chi connectivity index (χ1n) is 8.10. The van der Waals surface area contributed by atoms with E-state index in [2.05, 4.69) is 38.1 Å². The highest BCUT2D eigenvalue weighted by Gasteiger charge is 2.28. The lowest BCUT2D eigenvalue weighted by Crippen LogP contribution is -2.51. The summed E-state index contributed by atoms with van der Waals surface area (Å²) in [5.41, 5.74) is 1.07. The van der Waals surface area contributed by atoms with Crippen LogP contribution in [0.25, 0.3) is 10.2 Å². The van der Waals surface area contributed by atoms with Crippen LogP contribution in [-0.2, 0) is 4.74 Å². The Balaban J connectivity index is 1.44. The number of hydrogen-bond donors (Lipinski definition) is 0. The minimum Gasteiger partial charge on any atom is -0.376 e. The number of hydrogen-bond acceptors (Lipinski definition) is 6. The minimum atomic E-state index is 0.374. The van der Waals surface area contributed by atoms with Crippen LogP contribution in [0.5, 0.6) is 0 Å². The van der Waals surface area contributed by atoms with Gasteiger partial charge in [-0.3, -0.25) is 4.90 Å². The summed E-state index contributed by atoms with van der Waals surface area (Å²) < 4.78 is 6.88. The molecule has 0 unspecified atom stereocenters. The first-order chi connectivity index (χ1) is 10.8. The van der Waals surface area contributed by atoms with E-state index in [4.69, 9.17) is 4.74 Å². The summed E-state index contributed by atoms with van der Waals surface area (Å²) in [6.07, 6.45) is 4.49.